The third-order valence-electron chi connectivity index (χ3n) is 4.02. The van der Waals surface area contributed by atoms with Gasteiger partial charge in [0.25, 0.3) is 0 Å². The van der Waals surface area contributed by atoms with E-state index in [1.807, 2.05) is 16.8 Å². The van der Waals surface area contributed by atoms with Crippen LogP contribution in [0.3, 0.4) is 0 Å². The number of aryl methyl sites for hydroxylation is 2. The molecule has 23 heavy (non-hydrogen) atoms. The maximum absolute atomic E-state index is 11.3. The molecular formula is C17H17N3O3. The van der Waals surface area contributed by atoms with Crippen molar-refractivity contribution in [3.63, 3.8) is 0 Å². The molecule has 1 aliphatic rings. The second-order valence-corrected chi connectivity index (χ2v) is 5.72. The smallest absolute Gasteiger partial charge is 0.336 e. The molecule has 0 aliphatic carbocycles. The number of ether oxygens (including phenoxy) is 1. The first kappa shape index (κ1) is 14.0. The van der Waals surface area contributed by atoms with Crippen LogP contribution >= 0.6 is 0 Å². The second-order valence-electron chi connectivity index (χ2n) is 5.72. The van der Waals surface area contributed by atoms with Gasteiger partial charge in [-0.05, 0) is 31.0 Å². The minimum absolute atomic E-state index is 0.308. The highest BCUT2D eigenvalue weighted by Gasteiger charge is 2.13. The third-order valence-corrected chi connectivity index (χ3v) is 4.02. The predicted molar refractivity (Wildman–Crippen MR) is 84.4 cm³/mol. The van der Waals surface area contributed by atoms with Gasteiger partial charge in [0, 0.05) is 30.5 Å². The summed E-state index contributed by atoms with van der Waals surface area (Å²) in [7, 11) is 0. The van der Waals surface area contributed by atoms with Crippen molar-refractivity contribution in [3.05, 3.63) is 52.4 Å². The molecule has 0 spiro atoms. The molecular weight excluding hydrogens is 294 g/mol. The number of benzene rings is 1. The van der Waals surface area contributed by atoms with E-state index in [1.165, 1.54) is 18.9 Å². The van der Waals surface area contributed by atoms with Crippen LogP contribution in [0, 0.1) is 0 Å². The summed E-state index contributed by atoms with van der Waals surface area (Å²) in [6.45, 7) is 1.24. The molecule has 2 aromatic heterocycles. The van der Waals surface area contributed by atoms with Crippen molar-refractivity contribution in [1.29, 1.82) is 0 Å². The fraction of sp³-hybridized carbons (Fsp3) is 0.353. The van der Waals surface area contributed by atoms with Crippen LogP contribution in [0.4, 0.5) is 0 Å². The van der Waals surface area contributed by atoms with Crippen LogP contribution in [0.5, 0.6) is 5.75 Å². The van der Waals surface area contributed by atoms with Gasteiger partial charge in [0.05, 0.1) is 0 Å². The van der Waals surface area contributed by atoms with Crippen molar-refractivity contribution >= 4 is 11.0 Å². The number of nitrogens with zero attached hydrogens (tertiary/aromatic N) is 3. The summed E-state index contributed by atoms with van der Waals surface area (Å²) in [5, 5.41) is 5.37. The van der Waals surface area contributed by atoms with Gasteiger partial charge in [0.15, 0.2) is 5.82 Å². The Morgan fingerprint density at radius 1 is 1.17 bits per heavy atom. The standard InChI is InChI=1S/C17H17N3O3/c21-17-8-6-12-5-7-13(10-14(12)23-17)22-11-15-18-16-4-2-1-3-9-20(16)19-15/h5-8,10H,1-4,9,11H2. The van der Waals surface area contributed by atoms with E-state index in [0.717, 1.165) is 30.6 Å². The highest BCUT2D eigenvalue weighted by molar-refractivity contribution is 5.77. The lowest BCUT2D eigenvalue weighted by Crippen LogP contribution is -2.03. The molecule has 4 rings (SSSR count). The quantitative estimate of drug-likeness (QED) is 0.696. The summed E-state index contributed by atoms with van der Waals surface area (Å²) in [6, 6.07) is 8.58. The van der Waals surface area contributed by atoms with Crippen molar-refractivity contribution in [2.24, 2.45) is 0 Å². The number of fused-ring (bicyclic) bond motifs is 2. The molecule has 0 N–H and O–H groups in total. The summed E-state index contributed by atoms with van der Waals surface area (Å²) in [4.78, 5) is 15.8. The zero-order valence-electron chi connectivity index (χ0n) is 12.7. The molecule has 6 nitrogen and oxygen atoms in total. The lowest BCUT2D eigenvalue weighted by Gasteiger charge is -2.04. The largest absolute Gasteiger partial charge is 0.485 e. The fourth-order valence-corrected chi connectivity index (χ4v) is 2.85. The zero-order valence-corrected chi connectivity index (χ0v) is 12.7. The van der Waals surface area contributed by atoms with Gasteiger partial charge in [-0.2, -0.15) is 5.10 Å². The third kappa shape index (κ3) is 2.97. The van der Waals surface area contributed by atoms with Crippen LogP contribution < -0.4 is 10.4 Å². The normalized spacial score (nSPS) is 14.4. The monoisotopic (exact) mass is 311 g/mol. The number of rotatable bonds is 3. The average Bonchev–Trinajstić information content (AvgIpc) is 2.82. The average molecular weight is 311 g/mol. The summed E-state index contributed by atoms with van der Waals surface area (Å²) in [5.74, 6) is 2.37. The minimum atomic E-state index is -0.367. The minimum Gasteiger partial charge on any atom is -0.485 e. The molecule has 3 aromatic rings. The van der Waals surface area contributed by atoms with Crippen LogP contribution in [0.1, 0.15) is 30.9 Å². The van der Waals surface area contributed by atoms with Crippen LogP contribution in [0.25, 0.3) is 11.0 Å². The maximum Gasteiger partial charge on any atom is 0.336 e. The molecule has 1 aliphatic heterocycles. The summed E-state index contributed by atoms with van der Waals surface area (Å²) in [5.41, 5.74) is 0.151. The molecule has 0 saturated heterocycles. The molecule has 0 atom stereocenters. The van der Waals surface area contributed by atoms with Gasteiger partial charge >= 0.3 is 5.63 Å². The lowest BCUT2D eigenvalue weighted by atomic mass is 10.2. The Kier molecular flexibility index (Phi) is 3.57. The van der Waals surface area contributed by atoms with E-state index in [2.05, 4.69) is 10.1 Å². The van der Waals surface area contributed by atoms with Gasteiger partial charge in [-0.15, -0.1) is 0 Å². The number of hydrogen-bond donors (Lipinski definition) is 0. The van der Waals surface area contributed by atoms with Crippen molar-refractivity contribution in [2.45, 2.75) is 38.8 Å². The van der Waals surface area contributed by atoms with E-state index in [1.54, 1.807) is 12.1 Å². The van der Waals surface area contributed by atoms with Crippen LogP contribution in [-0.4, -0.2) is 14.8 Å². The van der Waals surface area contributed by atoms with Crippen LogP contribution in [0.2, 0.25) is 0 Å². The molecule has 118 valence electrons. The zero-order chi connectivity index (χ0) is 15.6. The van der Waals surface area contributed by atoms with Gasteiger partial charge in [-0.3, -0.25) is 0 Å². The van der Waals surface area contributed by atoms with Gasteiger partial charge in [0.2, 0.25) is 0 Å². The molecule has 0 amide bonds. The van der Waals surface area contributed by atoms with Crippen molar-refractivity contribution < 1.29 is 9.15 Å². The van der Waals surface area contributed by atoms with Crippen LogP contribution in [-0.2, 0) is 19.6 Å². The number of hydrogen-bond acceptors (Lipinski definition) is 5. The highest BCUT2D eigenvalue weighted by Crippen LogP contribution is 2.20. The molecule has 0 bridgehead atoms. The Balaban J connectivity index is 1.51. The van der Waals surface area contributed by atoms with Crippen LogP contribution in [0.15, 0.2) is 39.5 Å². The Hall–Kier alpha value is -2.63. The summed E-state index contributed by atoms with van der Waals surface area (Å²) < 4.78 is 12.9. The van der Waals surface area contributed by atoms with E-state index in [0.29, 0.717) is 23.8 Å². The first-order valence-corrected chi connectivity index (χ1v) is 7.87. The van der Waals surface area contributed by atoms with Gasteiger partial charge in [-0.1, -0.05) is 6.42 Å². The maximum atomic E-state index is 11.3. The fourth-order valence-electron chi connectivity index (χ4n) is 2.85. The van der Waals surface area contributed by atoms with E-state index >= 15 is 0 Å². The lowest BCUT2D eigenvalue weighted by molar-refractivity contribution is 0.294. The van der Waals surface area contributed by atoms with E-state index in [9.17, 15) is 4.79 Å². The Labute approximate surface area is 132 Å². The predicted octanol–water partition coefficient (Wildman–Crippen LogP) is 2.69. The van der Waals surface area contributed by atoms with Crippen molar-refractivity contribution in [2.75, 3.05) is 0 Å². The van der Waals surface area contributed by atoms with E-state index < -0.39 is 0 Å². The highest BCUT2D eigenvalue weighted by atomic mass is 16.5. The molecule has 6 heteroatoms. The molecule has 3 heterocycles. The molecule has 0 unspecified atom stereocenters. The Bertz CT molecular complexity index is 874. The number of aromatic nitrogens is 3. The van der Waals surface area contributed by atoms with Gasteiger partial charge in [0.1, 0.15) is 23.8 Å². The topological polar surface area (TPSA) is 70.2 Å². The molecule has 1 aromatic carbocycles. The first-order chi connectivity index (χ1) is 11.3. The molecule has 0 saturated carbocycles. The van der Waals surface area contributed by atoms with E-state index in [-0.39, 0.29) is 5.63 Å². The second kappa shape index (κ2) is 5.87. The summed E-state index contributed by atoms with van der Waals surface area (Å²) in [6.07, 6.45) is 4.54. The van der Waals surface area contributed by atoms with Crippen molar-refractivity contribution in [3.8, 4) is 5.75 Å². The van der Waals surface area contributed by atoms with Crippen molar-refractivity contribution in [1.82, 2.24) is 14.8 Å². The first-order valence-electron chi connectivity index (χ1n) is 7.87. The van der Waals surface area contributed by atoms with Gasteiger partial charge < -0.3 is 9.15 Å². The van der Waals surface area contributed by atoms with Gasteiger partial charge in [-0.25, -0.2) is 14.5 Å². The Morgan fingerprint density at radius 3 is 3.04 bits per heavy atom. The molecule has 0 fully saturated rings. The SMILES string of the molecule is O=c1ccc2ccc(OCc3nc4n(n3)CCCCC4)cc2o1. The Morgan fingerprint density at radius 2 is 2.09 bits per heavy atom. The molecule has 0 radical (unpaired) electrons. The summed E-state index contributed by atoms with van der Waals surface area (Å²) >= 11 is 0. The van der Waals surface area contributed by atoms with E-state index in [4.69, 9.17) is 9.15 Å².